The molecule has 0 spiro atoms. The van der Waals surface area contributed by atoms with E-state index in [4.69, 9.17) is 9.15 Å². The van der Waals surface area contributed by atoms with Crippen LogP contribution in [0.3, 0.4) is 0 Å². The molecule has 0 radical (unpaired) electrons. The minimum absolute atomic E-state index is 0.00108. The highest BCUT2D eigenvalue weighted by Crippen LogP contribution is 2.23. The van der Waals surface area contributed by atoms with E-state index in [9.17, 15) is 14.4 Å². The van der Waals surface area contributed by atoms with Crippen molar-refractivity contribution in [3.8, 4) is 11.3 Å². The molecule has 30 heavy (non-hydrogen) atoms. The van der Waals surface area contributed by atoms with Gasteiger partial charge in [0, 0.05) is 17.7 Å². The van der Waals surface area contributed by atoms with E-state index in [1.165, 1.54) is 19.9 Å². The predicted octanol–water partition coefficient (Wildman–Crippen LogP) is 4.32. The average Bonchev–Trinajstić information content (AvgIpc) is 3.23. The molecule has 0 aliphatic heterocycles. The summed E-state index contributed by atoms with van der Waals surface area (Å²) in [5.74, 6) is -0.678. The van der Waals surface area contributed by atoms with Crippen molar-refractivity contribution in [1.29, 1.82) is 0 Å². The van der Waals surface area contributed by atoms with Gasteiger partial charge in [0.05, 0.1) is 0 Å². The summed E-state index contributed by atoms with van der Waals surface area (Å²) in [6, 6.07) is 17.8. The molecule has 1 aromatic heterocycles. The molecule has 1 heterocycles. The first-order valence-corrected chi connectivity index (χ1v) is 9.59. The second-order valence-electron chi connectivity index (χ2n) is 7.05. The van der Waals surface area contributed by atoms with Crippen molar-refractivity contribution in [3.05, 3.63) is 83.1 Å². The molecule has 0 fully saturated rings. The Morgan fingerprint density at radius 2 is 1.63 bits per heavy atom. The highest BCUT2D eigenvalue weighted by atomic mass is 16.6. The van der Waals surface area contributed by atoms with Gasteiger partial charge in [-0.2, -0.15) is 0 Å². The first kappa shape index (κ1) is 21.0. The van der Waals surface area contributed by atoms with Crippen molar-refractivity contribution in [2.45, 2.75) is 33.4 Å². The lowest BCUT2D eigenvalue weighted by Gasteiger charge is -2.13. The molecule has 1 amide bonds. The fraction of sp³-hybridized carbons (Fsp3) is 0.208. The molecule has 1 N–H and O–H groups in total. The quantitative estimate of drug-likeness (QED) is 0.467. The molecule has 1 atom stereocenters. The second kappa shape index (κ2) is 9.22. The van der Waals surface area contributed by atoms with Crippen LogP contribution in [-0.4, -0.2) is 23.8 Å². The molecule has 0 saturated heterocycles. The smallest absolute Gasteiger partial charge is 0.375 e. The van der Waals surface area contributed by atoms with Gasteiger partial charge >= 0.3 is 5.97 Å². The number of amides is 1. The fourth-order valence-corrected chi connectivity index (χ4v) is 2.78. The monoisotopic (exact) mass is 405 g/mol. The van der Waals surface area contributed by atoms with Gasteiger partial charge in [-0.1, -0.05) is 54.1 Å². The van der Waals surface area contributed by atoms with Gasteiger partial charge in [0.1, 0.15) is 5.76 Å². The summed E-state index contributed by atoms with van der Waals surface area (Å²) in [5.41, 5.74) is 3.41. The topological polar surface area (TPSA) is 85.6 Å². The van der Waals surface area contributed by atoms with E-state index in [-0.39, 0.29) is 11.5 Å². The van der Waals surface area contributed by atoms with E-state index in [0.717, 1.165) is 16.7 Å². The maximum absolute atomic E-state index is 12.3. The third kappa shape index (κ3) is 5.23. The number of aryl methyl sites for hydroxylation is 1. The summed E-state index contributed by atoms with van der Waals surface area (Å²) in [7, 11) is 0. The molecule has 0 aliphatic carbocycles. The second-order valence-corrected chi connectivity index (χ2v) is 7.05. The summed E-state index contributed by atoms with van der Waals surface area (Å²) in [5, 5.41) is 2.75. The fourth-order valence-electron chi connectivity index (χ4n) is 2.78. The van der Waals surface area contributed by atoms with Crippen LogP contribution in [0.5, 0.6) is 0 Å². The molecule has 6 heteroatoms. The Morgan fingerprint density at radius 3 is 2.27 bits per heavy atom. The zero-order valence-electron chi connectivity index (χ0n) is 17.1. The number of Topliss-reactive ketones (excluding diaryl/α,β-unsaturated/α-hetero) is 1. The number of hydrogen-bond acceptors (Lipinski definition) is 5. The molecule has 3 aromatic rings. The Kier molecular flexibility index (Phi) is 6.47. The van der Waals surface area contributed by atoms with Crippen LogP contribution in [0.1, 0.15) is 45.9 Å². The molecule has 0 aliphatic rings. The summed E-state index contributed by atoms with van der Waals surface area (Å²) in [4.78, 5) is 35.9. The molecular weight excluding hydrogens is 382 g/mol. The largest absolute Gasteiger partial charge is 0.449 e. The van der Waals surface area contributed by atoms with Gasteiger partial charge in [-0.15, -0.1) is 0 Å². The summed E-state index contributed by atoms with van der Waals surface area (Å²) < 4.78 is 10.8. The average molecular weight is 405 g/mol. The molecule has 6 nitrogen and oxygen atoms in total. The third-order valence-corrected chi connectivity index (χ3v) is 4.62. The predicted molar refractivity (Wildman–Crippen MR) is 112 cm³/mol. The van der Waals surface area contributed by atoms with Crippen LogP contribution in [-0.2, 0) is 16.1 Å². The number of benzene rings is 2. The number of ketones is 1. The summed E-state index contributed by atoms with van der Waals surface area (Å²) in [6.07, 6.45) is -0.966. The molecule has 3 rings (SSSR count). The van der Waals surface area contributed by atoms with Crippen LogP contribution in [0.4, 0.5) is 0 Å². The van der Waals surface area contributed by atoms with Crippen molar-refractivity contribution in [1.82, 2.24) is 5.32 Å². The van der Waals surface area contributed by atoms with E-state index in [2.05, 4.69) is 5.32 Å². The normalized spacial score (nSPS) is 11.6. The molecule has 0 unspecified atom stereocenters. The Morgan fingerprint density at radius 1 is 0.967 bits per heavy atom. The van der Waals surface area contributed by atoms with Gasteiger partial charge in [0.25, 0.3) is 5.91 Å². The lowest BCUT2D eigenvalue weighted by Crippen LogP contribution is -2.35. The minimum atomic E-state index is -0.966. The molecular formula is C24H23NO5. The van der Waals surface area contributed by atoms with Crippen molar-refractivity contribution in [2.75, 3.05) is 0 Å². The zero-order valence-corrected chi connectivity index (χ0v) is 17.1. The lowest BCUT2D eigenvalue weighted by molar-refractivity contribution is -0.129. The maximum atomic E-state index is 12.3. The van der Waals surface area contributed by atoms with Crippen LogP contribution in [0.15, 0.2) is 65.1 Å². The first-order chi connectivity index (χ1) is 14.3. The summed E-state index contributed by atoms with van der Waals surface area (Å²) >= 11 is 0. The van der Waals surface area contributed by atoms with Crippen molar-refractivity contribution in [2.24, 2.45) is 0 Å². The van der Waals surface area contributed by atoms with Gasteiger partial charge in [0.15, 0.2) is 11.9 Å². The van der Waals surface area contributed by atoms with Gasteiger partial charge < -0.3 is 14.5 Å². The lowest BCUT2D eigenvalue weighted by atomic mass is 10.1. The van der Waals surface area contributed by atoms with Crippen molar-refractivity contribution >= 4 is 17.7 Å². The standard InChI is InChI=1S/C24H23NO5/c1-15-4-6-18(7-5-15)14-25-23(27)17(3)29-24(28)22-13-12-21(30-22)20-10-8-19(9-11-20)16(2)26/h4-13,17H,14H2,1-3H3,(H,25,27)/t17-/m0/s1. The Labute approximate surface area is 174 Å². The van der Waals surface area contributed by atoms with E-state index in [1.807, 2.05) is 31.2 Å². The number of furan rings is 1. The van der Waals surface area contributed by atoms with E-state index >= 15 is 0 Å². The first-order valence-electron chi connectivity index (χ1n) is 9.59. The highest BCUT2D eigenvalue weighted by molar-refractivity contribution is 5.94. The highest BCUT2D eigenvalue weighted by Gasteiger charge is 2.21. The maximum Gasteiger partial charge on any atom is 0.375 e. The third-order valence-electron chi connectivity index (χ3n) is 4.62. The van der Waals surface area contributed by atoms with E-state index < -0.39 is 18.0 Å². The van der Waals surface area contributed by atoms with E-state index in [1.54, 1.807) is 30.3 Å². The SMILES string of the molecule is CC(=O)c1ccc(-c2ccc(C(=O)O[C@@H](C)C(=O)NCc3ccc(C)cc3)o2)cc1. The molecule has 154 valence electrons. The minimum Gasteiger partial charge on any atom is -0.449 e. The van der Waals surface area contributed by atoms with Gasteiger partial charge in [-0.3, -0.25) is 9.59 Å². The number of rotatable bonds is 7. The van der Waals surface area contributed by atoms with Crippen LogP contribution < -0.4 is 5.32 Å². The van der Waals surface area contributed by atoms with Crippen LogP contribution >= 0.6 is 0 Å². The number of esters is 1. The molecule has 2 aromatic carbocycles. The Balaban J connectivity index is 1.56. The van der Waals surface area contributed by atoms with Gasteiger partial charge in [0.2, 0.25) is 5.76 Å². The van der Waals surface area contributed by atoms with Gasteiger partial charge in [-0.25, -0.2) is 4.79 Å². The van der Waals surface area contributed by atoms with E-state index in [0.29, 0.717) is 17.9 Å². The number of carbonyl (C=O) groups is 3. The van der Waals surface area contributed by atoms with Crippen LogP contribution in [0, 0.1) is 6.92 Å². The Bertz CT molecular complexity index is 1050. The zero-order chi connectivity index (χ0) is 21.7. The van der Waals surface area contributed by atoms with Gasteiger partial charge in [-0.05, 0) is 38.5 Å². The number of nitrogens with one attached hydrogen (secondary N) is 1. The number of carbonyl (C=O) groups excluding carboxylic acids is 3. The van der Waals surface area contributed by atoms with Crippen LogP contribution in [0.2, 0.25) is 0 Å². The number of hydrogen-bond donors (Lipinski definition) is 1. The molecule has 0 saturated carbocycles. The number of ether oxygens (including phenoxy) is 1. The molecule has 0 bridgehead atoms. The van der Waals surface area contributed by atoms with Crippen LogP contribution in [0.25, 0.3) is 11.3 Å². The summed E-state index contributed by atoms with van der Waals surface area (Å²) in [6.45, 7) is 5.34. The van der Waals surface area contributed by atoms with Crippen molar-refractivity contribution < 1.29 is 23.5 Å². The van der Waals surface area contributed by atoms with Crippen molar-refractivity contribution in [3.63, 3.8) is 0 Å². The Hall–Kier alpha value is -3.67.